The summed E-state index contributed by atoms with van der Waals surface area (Å²) in [6.07, 6.45) is 3.07. The smallest absolute Gasteiger partial charge is 0.269 e. The van der Waals surface area contributed by atoms with E-state index in [1.54, 1.807) is 24.3 Å². The van der Waals surface area contributed by atoms with E-state index in [-0.39, 0.29) is 17.5 Å². The molecule has 0 atom stereocenters. The Morgan fingerprint density at radius 1 is 0.875 bits per heavy atom. The molecule has 1 aliphatic carbocycles. The molecule has 0 N–H and O–H groups in total. The largest absolute Gasteiger partial charge is 0.277 e. The van der Waals surface area contributed by atoms with Gasteiger partial charge in [-0.1, -0.05) is 18.2 Å². The number of amides is 2. The van der Waals surface area contributed by atoms with Gasteiger partial charge in [0.1, 0.15) is 0 Å². The first-order valence-corrected chi connectivity index (χ1v) is 7.86. The van der Waals surface area contributed by atoms with E-state index in [1.807, 2.05) is 0 Å². The zero-order chi connectivity index (χ0) is 16.8. The molecule has 0 aromatic heterocycles. The number of imide groups is 1. The van der Waals surface area contributed by atoms with Crippen LogP contribution in [0.1, 0.15) is 25.7 Å². The van der Waals surface area contributed by atoms with E-state index in [4.69, 9.17) is 0 Å². The van der Waals surface area contributed by atoms with Crippen molar-refractivity contribution in [2.75, 3.05) is 4.90 Å². The van der Waals surface area contributed by atoms with Crippen molar-refractivity contribution < 1.29 is 14.5 Å². The molecule has 0 unspecified atom stereocenters. The second kappa shape index (κ2) is 5.26. The summed E-state index contributed by atoms with van der Waals surface area (Å²) in [4.78, 5) is 37.4. The number of benzene rings is 2. The monoisotopic (exact) mass is 322 g/mol. The molecule has 0 saturated heterocycles. The van der Waals surface area contributed by atoms with Crippen molar-refractivity contribution in [2.45, 2.75) is 25.7 Å². The molecular formula is C18H14N2O4. The summed E-state index contributed by atoms with van der Waals surface area (Å²) in [5, 5.41) is 12.2. The van der Waals surface area contributed by atoms with Crippen molar-refractivity contribution in [3.8, 4) is 0 Å². The molecule has 1 aliphatic heterocycles. The van der Waals surface area contributed by atoms with Crippen molar-refractivity contribution in [2.24, 2.45) is 0 Å². The summed E-state index contributed by atoms with van der Waals surface area (Å²) in [7, 11) is 0. The Labute approximate surface area is 137 Å². The molecule has 2 amide bonds. The number of anilines is 1. The van der Waals surface area contributed by atoms with Gasteiger partial charge in [-0.25, -0.2) is 4.90 Å². The van der Waals surface area contributed by atoms with E-state index in [0.717, 1.165) is 12.8 Å². The van der Waals surface area contributed by atoms with Crippen LogP contribution in [0.5, 0.6) is 0 Å². The fraction of sp³-hybridized carbons (Fsp3) is 0.222. The maximum atomic E-state index is 12.7. The zero-order valence-electron chi connectivity index (χ0n) is 12.8. The van der Waals surface area contributed by atoms with Gasteiger partial charge in [0.15, 0.2) is 0 Å². The Kier molecular flexibility index (Phi) is 3.19. The van der Waals surface area contributed by atoms with Crippen LogP contribution < -0.4 is 4.90 Å². The third kappa shape index (κ3) is 1.96. The predicted octanol–water partition coefficient (Wildman–Crippen LogP) is 3.49. The quantitative estimate of drug-likeness (QED) is 0.481. The first-order chi connectivity index (χ1) is 11.6. The summed E-state index contributed by atoms with van der Waals surface area (Å²) >= 11 is 0. The Hall–Kier alpha value is -3.02. The minimum absolute atomic E-state index is 0.0360. The molecule has 4 rings (SSSR count). The van der Waals surface area contributed by atoms with Crippen molar-refractivity contribution in [3.05, 3.63) is 57.7 Å². The summed E-state index contributed by atoms with van der Waals surface area (Å²) in [6, 6.07) is 9.64. The number of nitro groups is 1. The van der Waals surface area contributed by atoms with Crippen LogP contribution >= 0.6 is 0 Å². The van der Waals surface area contributed by atoms with Crippen LogP contribution in [0.4, 0.5) is 11.4 Å². The number of rotatable bonds is 2. The molecule has 0 fully saturated rings. The van der Waals surface area contributed by atoms with Gasteiger partial charge in [0.25, 0.3) is 17.5 Å². The van der Waals surface area contributed by atoms with Crippen molar-refractivity contribution in [1.82, 2.24) is 0 Å². The Morgan fingerprint density at radius 2 is 1.46 bits per heavy atom. The van der Waals surface area contributed by atoms with E-state index in [0.29, 0.717) is 40.4 Å². The van der Waals surface area contributed by atoms with Crippen LogP contribution in [-0.2, 0) is 9.59 Å². The van der Waals surface area contributed by atoms with Gasteiger partial charge in [-0.05, 0) is 37.8 Å². The number of carbonyl (C=O) groups excluding carboxylic acids is 2. The molecule has 2 aliphatic rings. The number of nitro benzene ring substituents is 1. The standard InChI is InChI=1S/C18H14N2O4/c21-17-13-7-3-4-8-14(13)18(22)19(17)15-9-10-16(20(23)24)12-6-2-1-5-11(12)15/h1-2,5-6,9-10H,3-4,7-8H2. The first-order valence-electron chi connectivity index (χ1n) is 7.86. The second-order valence-corrected chi connectivity index (χ2v) is 6.02. The van der Waals surface area contributed by atoms with E-state index < -0.39 is 4.92 Å². The molecule has 0 spiro atoms. The molecule has 0 bridgehead atoms. The summed E-state index contributed by atoms with van der Waals surface area (Å²) in [5.41, 5.74) is 1.59. The lowest BCUT2D eigenvalue weighted by Crippen LogP contribution is -2.31. The van der Waals surface area contributed by atoms with Crippen LogP contribution in [0.2, 0.25) is 0 Å². The van der Waals surface area contributed by atoms with E-state index in [1.165, 1.54) is 17.0 Å². The van der Waals surface area contributed by atoms with Gasteiger partial charge < -0.3 is 0 Å². The van der Waals surface area contributed by atoms with Gasteiger partial charge >= 0.3 is 0 Å². The van der Waals surface area contributed by atoms with Gasteiger partial charge in [0, 0.05) is 22.6 Å². The molecule has 1 heterocycles. The van der Waals surface area contributed by atoms with Gasteiger partial charge in [-0.15, -0.1) is 0 Å². The van der Waals surface area contributed by atoms with Crippen molar-refractivity contribution in [1.29, 1.82) is 0 Å². The van der Waals surface area contributed by atoms with Crippen molar-refractivity contribution in [3.63, 3.8) is 0 Å². The van der Waals surface area contributed by atoms with E-state index in [9.17, 15) is 19.7 Å². The topological polar surface area (TPSA) is 80.5 Å². The predicted molar refractivity (Wildman–Crippen MR) is 88.6 cm³/mol. The third-order valence-electron chi connectivity index (χ3n) is 4.71. The second-order valence-electron chi connectivity index (χ2n) is 6.02. The van der Waals surface area contributed by atoms with Gasteiger partial charge in [-0.3, -0.25) is 19.7 Å². The molecule has 24 heavy (non-hydrogen) atoms. The lowest BCUT2D eigenvalue weighted by Gasteiger charge is -2.17. The molecular weight excluding hydrogens is 308 g/mol. The van der Waals surface area contributed by atoms with Gasteiger partial charge in [0.2, 0.25) is 0 Å². The molecule has 120 valence electrons. The first kappa shape index (κ1) is 14.6. The van der Waals surface area contributed by atoms with E-state index >= 15 is 0 Å². The molecule has 6 heteroatoms. The summed E-state index contributed by atoms with van der Waals surface area (Å²) in [5.74, 6) is -0.567. The highest BCUT2D eigenvalue weighted by molar-refractivity contribution is 6.34. The normalized spacial score (nSPS) is 17.6. The number of carbonyl (C=O) groups is 2. The van der Waals surface area contributed by atoms with E-state index in [2.05, 4.69) is 0 Å². The highest BCUT2D eigenvalue weighted by Crippen LogP contribution is 2.40. The van der Waals surface area contributed by atoms with Crippen molar-refractivity contribution >= 4 is 34.0 Å². The Balaban J connectivity index is 1.90. The number of fused-ring (bicyclic) bond motifs is 1. The van der Waals surface area contributed by atoms with Crippen LogP contribution in [0.15, 0.2) is 47.5 Å². The molecule has 6 nitrogen and oxygen atoms in total. The Bertz CT molecular complexity index is 917. The highest BCUT2D eigenvalue weighted by atomic mass is 16.6. The maximum absolute atomic E-state index is 12.7. The number of non-ortho nitro benzene ring substituents is 1. The summed E-state index contributed by atoms with van der Waals surface area (Å²) in [6.45, 7) is 0. The fourth-order valence-electron chi connectivity index (χ4n) is 3.58. The third-order valence-corrected chi connectivity index (χ3v) is 4.71. The number of hydrogen-bond donors (Lipinski definition) is 0. The van der Waals surface area contributed by atoms with Crippen LogP contribution in [-0.4, -0.2) is 16.7 Å². The lowest BCUT2D eigenvalue weighted by molar-refractivity contribution is -0.383. The van der Waals surface area contributed by atoms with Crippen LogP contribution in [0.25, 0.3) is 10.8 Å². The zero-order valence-corrected chi connectivity index (χ0v) is 12.8. The van der Waals surface area contributed by atoms with Gasteiger partial charge in [0.05, 0.1) is 16.0 Å². The Morgan fingerprint density at radius 3 is 2.04 bits per heavy atom. The average molecular weight is 322 g/mol. The van der Waals surface area contributed by atoms with Gasteiger partial charge in [-0.2, -0.15) is 0 Å². The molecule has 0 saturated carbocycles. The number of hydrogen-bond acceptors (Lipinski definition) is 4. The maximum Gasteiger partial charge on any atom is 0.277 e. The minimum atomic E-state index is -0.455. The average Bonchev–Trinajstić information content (AvgIpc) is 2.85. The fourth-order valence-corrected chi connectivity index (χ4v) is 3.58. The number of nitrogens with zero attached hydrogens (tertiary/aromatic N) is 2. The van der Waals surface area contributed by atoms with Crippen LogP contribution in [0, 0.1) is 10.1 Å². The van der Waals surface area contributed by atoms with Crippen LogP contribution in [0.3, 0.4) is 0 Å². The molecule has 0 radical (unpaired) electrons. The highest BCUT2D eigenvalue weighted by Gasteiger charge is 2.40. The lowest BCUT2D eigenvalue weighted by atomic mass is 9.93. The summed E-state index contributed by atoms with van der Waals surface area (Å²) < 4.78 is 0. The molecule has 2 aromatic carbocycles. The SMILES string of the molecule is O=C1C2=C(CCCC2)C(=O)N1c1ccc([N+](=O)[O-])c2ccccc12. The minimum Gasteiger partial charge on any atom is -0.269 e. The molecule has 2 aromatic rings.